The third-order valence-electron chi connectivity index (χ3n) is 6.65. The first kappa shape index (κ1) is 23.3. The summed E-state index contributed by atoms with van der Waals surface area (Å²) >= 11 is 1.71. The molecule has 0 bridgehead atoms. The van der Waals surface area contributed by atoms with Gasteiger partial charge in [0, 0.05) is 22.3 Å². The molecule has 1 amide bonds. The molecular formula is C28H30N4O2S. The number of thiophene rings is 1. The number of pyridine rings is 1. The van der Waals surface area contributed by atoms with Gasteiger partial charge in [0.25, 0.3) is 0 Å². The molecule has 3 heterocycles. The largest absolute Gasteiger partial charge is 0.508 e. The molecule has 180 valence electrons. The normalized spacial score (nSPS) is 15.2. The van der Waals surface area contributed by atoms with Crippen LogP contribution in [0.5, 0.6) is 5.75 Å². The van der Waals surface area contributed by atoms with Crippen molar-refractivity contribution >= 4 is 22.9 Å². The number of aromatic nitrogens is 3. The summed E-state index contributed by atoms with van der Waals surface area (Å²) < 4.78 is 1.91. The second-order valence-electron chi connectivity index (χ2n) is 9.44. The smallest absolute Gasteiger partial charge is 0.234 e. The Balaban J connectivity index is 1.46. The molecule has 0 saturated carbocycles. The van der Waals surface area contributed by atoms with Gasteiger partial charge in [0.05, 0.1) is 37.1 Å². The number of benzene rings is 1. The Hall–Kier alpha value is -3.45. The molecule has 1 atom stereocenters. The van der Waals surface area contributed by atoms with Crippen molar-refractivity contribution in [2.45, 2.75) is 58.0 Å². The topological polar surface area (TPSA) is 71.2 Å². The van der Waals surface area contributed by atoms with Crippen molar-refractivity contribution in [2.75, 3.05) is 4.90 Å². The second-order valence-corrected chi connectivity index (χ2v) is 10.5. The number of fused-ring (bicyclic) bond motifs is 1. The number of aromatic hydroxyl groups is 1. The minimum absolute atomic E-state index is 0.0293. The highest BCUT2D eigenvalue weighted by Crippen LogP contribution is 2.38. The first-order valence-corrected chi connectivity index (χ1v) is 13.0. The van der Waals surface area contributed by atoms with Crippen LogP contribution in [-0.2, 0) is 24.3 Å². The van der Waals surface area contributed by atoms with E-state index in [1.807, 2.05) is 52.3 Å². The van der Waals surface area contributed by atoms with Gasteiger partial charge in [0.2, 0.25) is 5.91 Å². The first-order valence-electron chi connectivity index (χ1n) is 12.1. The van der Waals surface area contributed by atoms with Crippen molar-refractivity contribution in [3.8, 4) is 5.75 Å². The minimum atomic E-state index is -0.295. The number of phenols is 1. The molecular weight excluding hydrogens is 456 g/mol. The zero-order valence-corrected chi connectivity index (χ0v) is 20.9. The Kier molecular flexibility index (Phi) is 6.68. The molecule has 4 aromatic rings. The van der Waals surface area contributed by atoms with Gasteiger partial charge in [-0.15, -0.1) is 11.3 Å². The molecule has 5 rings (SSSR count). The summed E-state index contributed by atoms with van der Waals surface area (Å²) in [5.74, 6) is 0.333. The molecule has 35 heavy (non-hydrogen) atoms. The lowest BCUT2D eigenvalue weighted by molar-refractivity contribution is -0.120. The average molecular weight is 487 g/mol. The van der Waals surface area contributed by atoms with Gasteiger partial charge in [-0.25, -0.2) is 0 Å². The van der Waals surface area contributed by atoms with Crippen molar-refractivity contribution in [1.29, 1.82) is 0 Å². The summed E-state index contributed by atoms with van der Waals surface area (Å²) in [6.07, 6.45) is 8.08. The first-order chi connectivity index (χ1) is 17.0. The van der Waals surface area contributed by atoms with Crippen LogP contribution in [0.2, 0.25) is 0 Å². The number of carbonyl (C=O) groups is 1. The molecule has 1 aromatic carbocycles. The maximum absolute atomic E-state index is 14.1. The number of amides is 1. The van der Waals surface area contributed by atoms with E-state index in [1.165, 1.54) is 4.88 Å². The van der Waals surface area contributed by atoms with Gasteiger partial charge in [0.1, 0.15) is 5.75 Å². The Morgan fingerprint density at radius 2 is 2.09 bits per heavy atom. The van der Waals surface area contributed by atoms with E-state index in [1.54, 1.807) is 23.6 Å². The van der Waals surface area contributed by atoms with Crippen molar-refractivity contribution in [2.24, 2.45) is 0 Å². The monoisotopic (exact) mass is 486 g/mol. The molecule has 1 aliphatic carbocycles. The van der Waals surface area contributed by atoms with Gasteiger partial charge in [-0.3, -0.25) is 14.5 Å². The Morgan fingerprint density at radius 3 is 2.83 bits per heavy atom. The van der Waals surface area contributed by atoms with Crippen molar-refractivity contribution in [3.63, 3.8) is 0 Å². The molecule has 7 heteroatoms. The summed E-state index contributed by atoms with van der Waals surface area (Å²) in [4.78, 5) is 21.7. The van der Waals surface area contributed by atoms with Gasteiger partial charge in [-0.2, -0.15) is 5.10 Å². The van der Waals surface area contributed by atoms with Crippen LogP contribution >= 0.6 is 11.3 Å². The molecule has 1 N–H and O–H groups in total. The Morgan fingerprint density at radius 1 is 1.20 bits per heavy atom. The third-order valence-corrected chi connectivity index (χ3v) is 7.51. The van der Waals surface area contributed by atoms with Gasteiger partial charge in [0.15, 0.2) is 0 Å². The van der Waals surface area contributed by atoms with Crippen LogP contribution in [0.1, 0.15) is 65.8 Å². The van der Waals surface area contributed by atoms with Crippen LogP contribution in [-0.4, -0.2) is 25.8 Å². The summed E-state index contributed by atoms with van der Waals surface area (Å²) in [6, 6.07) is 13.6. The van der Waals surface area contributed by atoms with E-state index in [4.69, 9.17) is 0 Å². The summed E-state index contributed by atoms with van der Waals surface area (Å²) in [7, 11) is 0. The number of nitrogens with zero attached hydrogens (tertiary/aromatic N) is 4. The van der Waals surface area contributed by atoms with E-state index in [9.17, 15) is 9.90 Å². The number of carbonyl (C=O) groups excluding carboxylic acids is 1. The lowest BCUT2D eigenvalue weighted by atomic mass is 9.81. The molecule has 1 aliphatic rings. The molecule has 0 radical (unpaired) electrons. The van der Waals surface area contributed by atoms with Crippen LogP contribution in [0, 0.1) is 0 Å². The van der Waals surface area contributed by atoms with E-state index >= 15 is 0 Å². The lowest BCUT2D eigenvalue weighted by Crippen LogP contribution is -2.36. The molecule has 0 aliphatic heterocycles. The van der Waals surface area contributed by atoms with Gasteiger partial charge in [-0.1, -0.05) is 32.0 Å². The van der Waals surface area contributed by atoms with Gasteiger partial charge >= 0.3 is 0 Å². The molecule has 1 unspecified atom stereocenters. The molecule has 0 saturated heterocycles. The highest BCUT2D eigenvalue weighted by molar-refractivity contribution is 7.09. The second kappa shape index (κ2) is 10.0. The van der Waals surface area contributed by atoms with Crippen LogP contribution in [0.3, 0.4) is 0 Å². The predicted octanol–water partition coefficient (Wildman–Crippen LogP) is 5.87. The number of hydrogen-bond acceptors (Lipinski definition) is 5. The Labute approximate surface area is 209 Å². The standard InChI is InChI=1S/C28H30N4O2S/c1-19(2)26-12-11-21(15-29-26)32(17-20-14-30-31(16-20)18-22-6-5-13-35-22)28(34)25-9-3-8-24-23(25)7-4-10-27(24)33/h4-7,10-16,19,25,33H,3,8-9,17-18H2,1-2H3. The number of rotatable bonds is 7. The summed E-state index contributed by atoms with van der Waals surface area (Å²) in [5, 5.41) is 17.0. The van der Waals surface area contributed by atoms with Gasteiger partial charge < -0.3 is 10.0 Å². The van der Waals surface area contributed by atoms with Crippen molar-refractivity contribution < 1.29 is 9.90 Å². The third kappa shape index (κ3) is 5.00. The van der Waals surface area contributed by atoms with E-state index < -0.39 is 0 Å². The van der Waals surface area contributed by atoms with Gasteiger partial charge in [-0.05, 0) is 66.0 Å². The lowest BCUT2D eigenvalue weighted by Gasteiger charge is -2.31. The zero-order chi connectivity index (χ0) is 24.4. The average Bonchev–Trinajstić information content (AvgIpc) is 3.54. The van der Waals surface area contributed by atoms with Crippen LogP contribution < -0.4 is 4.90 Å². The minimum Gasteiger partial charge on any atom is -0.508 e. The SMILES string of the molecule is CC(C)c1ccc(N(Cc2cnn(Cc3cccs3)c2)C(=O)C2CCCc3c(O)cccc32)cn1. The highest BCUT2D eigenvalue weighted by atomic mass is 32.1. The molecule has 0 spiro atoms. The summed E-state index contributed by atoms with van der Waals surface area (Å²) in [6.45, 7) is 5.35. The fourth-order valence-electron chi connectivity index (χ4n) is 4.79. The molecule has 6 nitrogen and oxygen atoms in total. The van der Waals surface area contributed by atoms with Crippen LogP contribution in [0.4, 0.5) is 5.69 Å². The number of hydrogen-bond donors (Lipinski definition) is 1. The molecule has 0 fully saturated rings. The maximum atomic E-state index is 14.1. The fraction of sp³-hybridized carbons (Fsp3) is 0.321. The Bertz CT molecular complexity index is 1300. The van der Waals surface area contributed by atoms with E-state index in [2.05, 4.69) is 35.4 Å². The predicted molar refractivity (Wildman–Crippen MR) is 139 cm³/mol. The summed E-state index contributed by atoms with van der Waals surface area (Å²) in [5.41, 5.74) is 4.57. The van der Waals surface area contributed by atoms with Crippen LogP contribution in [0.25, 0.3) is 0 Å². The number of anilines is 1. The fourth-order valence-corrected chi connectivity index (χ4v) is 5.48. The van der Waals surface area contributed by atoms with Crippen molar-refractivity contribution in [3.05, 3.63) is 93.7 Å². The number of phenolic OH excluding ortho intramolecular Hbond substituents is 1. The van der Waals surface area contributed by atoms with Crippen LogP contribution in [0.15, 0.2) is 66.4 Å². The quantitative estimate of drug-likeness (QED) is 0.355. The maximum Gasteiger partial charge on any atom is 0.234 e. The van der Waals surface area contributed by atoms with E-state index in [0.29, 0.717) is 19.0 Å². The van der Waals surface area contributed by atoms with Crippen molar-refractivity contribution in [1.82, 2.24) is 14.8 Å². The highest BCUT2D eigenvalue weighted by Gasteiger charge is 2.32. The van der Waals surface area contributed by atoms with E-state index in [0.717, 1.165) is 47.3 Å². The zero-order valence-electron chi connectivity index (χ0n) is 20.1. The van der Waals surface area contributed by atoms with E-state index in [-0.39, 0.29) is 17.6 Å². The molecule has 3 aromatic heterocycles.